The molecule has 1 saturated heterocycles. The van der Waals surface area contributed by atoms with Crippen LogP contribution in [0.25, 0.3) is 0 Å². The molecule has 2 aliphatic heterocycles. The minimum atomic E-state index is 0. The molecule has 172 valence electrons. The fraction of sp³-hybridized carbons (Fsp3) is 0.400. The van der Waals surface area contributed by atoms with Gasteiger partial charge in [-0.3, -0.25) is 9.69 Å². The molecule has 0 unspecified atom stereocenters. The second-order valence-corrected chi connectivity index (χ2v) is 8.71. The van der Waals surface area contributed by atoms with Crippen LogP contribution in [0.5, 0.6) is 5.75 Å². The molecule has 2 aliphatic rings. The number of rotatable bonds is 7. The van der Waals surface area contributed by atoms with Gasteiger partial charge in [-0.05, 0) is 55.6 Å². The first kappa shape index (κ1) is 24.4. The van der Waals surface area contributed by atoms with E-state index in [1.165, 1.54) is 5.69 Å². The van der Waals surface area contributed by atoms with Crippen LogP contribution in [0.4, 0.5) is 11.4 Å². The number of hydrogen-bond acceptors (Lipinski definition) is 4. The smallest absolute Gasteiger partial charge is 0.227 e. The second kappa shape index (κ2) is 11.1. The Kier molecular flexibility index (Phi) is 8.46. The SMILES string of the molecule is C=CCc1ccc2c(c1O)CCC(=O)N2CCCN1CCN(c2cccc(Cl)c2)CC1.Cl. The van der Waals surface area contributed by atoms with Crippen molar-refractivity contribution in [2.24, 2.45) is 0 Å². The van der Waals surface area contributed by atoms with E-state index in [9.17, 15) is 9.90 Å². The van der Waals surface area contributed by atoms with Crippen molar-refractivity contribution in [3.05, 3.63) is 65.2 Å². The number of carbonyl (C=O) groups excluding carboxylic acids is 1. The van der Waals surface area contributed by atoms with Crippen molar-refractivity contribution in [1.82, 2.24) is 4.90 Å². The Balaban J connectivity index is 0.00000289. The largest absolute Gasteiger partial charge is 0.507 e. The number of benzene rings is 2. The van der Waals surface area contributed by atoms with Crippen LogP contribution in [0.2, 0.25) is 5.02 Å². The number of anilines is 2. The Morgan fingerprint density at radius 3 is 2.56 bits per heavy atom. The molecular formula is C25H31Cl2N3O2. The Morgan fingerprint density at radius 2 is 1.84 bits per heavy atom. The first-order chi connectivity index (χ1) is 15.1. The molecule has 0 radical (unpaired) electrons. The van der Waals surface area contributed by atoms with E-state index in [0.717, 1.165) is 61.0 Å². The van der Waals surface area contributed by atoms with E-state index in [2.05, 4.69) is 22.4 Å². The van der Waals surface area contributed by atoms with Crippen molar-refractivity contribution in [2.45, 2.75) is 25.7 Å². The average Bonchev–Trinajstić information content (AvgIpc) is 2.78. The van der Waals surface area contributed by atoms with Gasteiger partial charge in [-0.15, -0.1) is 19.0 Å². The molecule has 2 aromatic carbocycles. The molecular weight excluding hydrogens is 445 g/mol. The fourth-order valence-electron chi connectivity index (χ4n) is 4.60. The summed E-state index contributed by atoms with van der Waals surface area (Å²) in [6, 6.07) is 11.9. The van der Waals surface area contributed by atoms with Crippen LogP contribution in [0.1, 0.15) is 24.0 Å². The summed E-state index contributed by atoms with van der Waals surface area (Å²) in [6.07, 6.45) is 4.40. The molecule has 1 N–H and O–H groups in total. The molecule has 5 nitrogen and oxygen atoms in total. The summed E-state index contributed by atoms with van der Waals surface area (Å²) in [5, 5.41) is 11.4. The number of piperazine rings is 1. The van der Waals surface area contributed by atoms with E-state index < -0.39 is 0 Å². The molecule has 0 aliphatic carbocycles. The van der Waals surface area contributed by atoms with Crippen LogP contribution in [-0.4, -0.2) is 55.2 Å². The van der Waals surface area contributed by atoms with Gasteiger partial charge >= 0.3 is 0 Å². The summed E-state index contributed by atoms with van der Waals surface area (Å²) in [5.74, 6) is 0.473. The van der Waals surface area contributed by atoms with Crippen LogP contribution >= 0.6 is 24.0 Å². The van der Waals surface area contributed by atoms with Crippen LogP contribution < -0.4 is 9.80 Å². The third kappa shape index (κ3) is 5.40. The van der Waals surface area contributed by atoms with Crippen molar-refractivity contribution in [1.29, 1.82) is 0 Å². The molecule has 0 aromatic heterocycles. The summed E-state index contributed by atoms with van der Waals surface area (Å²) in [5.41, 5.74) is 3.82. The summed E-state index contributed by atoms with van der Waals surface area (Å²) < 4.78 is 0. The van der Waals surface area contributed by atoms with Gasteiger partial charge in [-0.1, -0.05) is 29.8 Å². The number of phenolic OH excluding ortho intramolecular Hbond substituents is 1. The quantitative estimate of drug-likeness (QED) is 0.590. The van der Waals surface area contributed by atoms with Crippen LogP contribution in [-0.2, 0) is 17.6 Å². The minimum absolute atomic E-state index is 0. The number of halogens is 2. The number of phenols is 1. The van der Waals surface area contributed by atoms with Crippen molar-refractivity contribution >= 4 is 41.3 Å². The van der Waals surface area contributed by atoms with Gasteiger partial charge in [0.05, 0.1) is 5.69 Å². The Bertz CT molecular complexity index is 958. The van der Waals surface area contributed by atoms with Crippen LogP contribution in [0.3, 0.4) is 0 Å². The highest BCUT2D eigenvalue weighted by atomic mass is 35.5. The molecule has 0 spiro atoms. The van der Waals surface area contributed by atoms with E-state index in [-0.39, 0.29) is 18.3 Å². The maximum Gasteiger partial charge on any atom is 0.227 e. The monoisotopic (exact) mass is 475 g/mol. The van der Waals surface area contributed by atoms with Crippen molar-refractivity contribution in [2.75, 3.05) is 49.1 Å². The lowest BCUT2D eigenvalue weighted by atomic mass is 9.96. The van der Waals surface area contributed by atoms with Crippen molar-refractivity contribution in [3.63, 3.8) is 0 Å². The third-order valence-electron chi connectivity index (χ3n) is 6.29. The molecule has 1 amide bonds. The molecule has 4 rings (SSSR count). The van der Waals surface area contributed by atoms with E-state index in [0.29, 0.717) is 31.6 Å². The number of fused-ring (bicyclic) bond motifs is 1. The molecule has 32 heavy (non-hydrogen) atoms. The lowest BCUT2D eigenvalue weighted by Gasteiger charge is -2.37. The third-order valence-corrected chi connectivity index (χ3v) is 6.52. The van der Waals surface area contributed by atoms with Gasteiger partial charge in [0.1, 0.15) is 5.75 Å². The first-order valence-corrected chi connectivity index (χ1v) is 11.4. The summed E-state index contributed by atoms with van der Waals surface area (Å²) in [4.78, 5) is 19.3. The van der Waals surface area contributed by atoms with Gasteiger partial charge in [0.25, 0.3) is 0 Å². The molecule has 0 bridgehead atoms. The summed E-state index contributed by atoms with van der Waals surface area (Å²) in [7, 11) is 0. The summed E-state index contributed by atoms with van der Waals surface area (Å²) in [6.45, 7) is 9.36. The van der Waals surface area contributed by atoms with Crippen molar-refractivity contribution in [3.8, 4) is 5.75 Å². The maximum atomic E-state index is 12.6. The first-order valence-electron chi connectivity index (χ1n) is 11.0. The molecule has 7 heteroatoms. The number of nitrogens with zero attached hydrogens (tertiary/aromatic N) is 3. The zero-order chi connectivity index (χ0) is 21.8. The highest BCUT2D eigenvalue weighted by molar-refractivity contribution is 6.30. The van der Waals surface area contributed by atoms with Gasteiger partial charge in [-0.2, -0.15) is 0 Å². The second-order valence-electron chi connectivity index (χ2n) is 8.27. The van der Waals surface area contributed by atoms with Gasteiger partial charge in [0.2, 0.25) is 5.91 Å². The number of hydrogen-bond donors (Lipinski definition) is 1. The van der Waals surface area contributed by atoms with Gasteiger partial charge < -0.3 is 14.9 Å². The van der Waals surface area contributed by atoms with E-state index in [4.69, 9.17) is 11.6 Å². The van der Waals surface area contributed by atoms with Gasteiger partial charge in [0.15, 0.2) is 0 Å². The fourth-order valence-corrected chi connectivity index (χ4v) is 4.78. The Morgan fingerprint density at radius 1 is 1.06 bits per heavy atom. The summed E-state index contributed by atoms with van der Waals surface area (Å²) >= 11 is 6.13. The zero-order valence-electron chi connectivity index (χ0n) is 18.3. The van der Waals surface area contributed by atoms with E-state index in [1.54, 1.807) is 6.08 Å². The number of aromatic hydroxyl groups is 1. The van der Waals surface area contributed by atoms with Gasteiger partial charge in [0, 0.05) is 55.4 Å². The normalized spacial score (nSPS) is 16.5. The molecule has 2 aromatic rings. The number of amides is 1. The van der Waals surface area contributed by atoms with Crippen LogP contribution in [0.15, 0.2) is 49.1 Å². The Labute approximate surface area is 201 Å². The predicted octanol–water partition coefficient (Wildman–Crippen LogP) is 4.69. The highest BCUT2D eigenvalue weighted by Crippen LogP contribution is 2.37. The molecule has 2 heterocycles. The Hall–Kier alpha value is -2.21. The minimum Gasteiger partial charge on any atom is -0.507 e. The average molecular weight is 476 g/mol. The maximum absolute atomic E-state index is 12.6. The lowest BCUT2D eigenvalue weighted by Crippen LogP contribution is -2.47. The van der Waals surface area contributed by atoms with Crippen LogP contribution in [0, 0.1) is 0 Å². The van der Waals surface area contributed by atoms with Crippen molar-refractivity contribution < 1.29 is 9.90 Å². The standard InChI is InChI=1S/C25H30ClN3O2.ClH/c1-2-5-19-8-10-23-22(25(19)31)9-11-24(30)29(23)13-4-12-27-14-16-28(17-15-27)21-7-3-6-20(26)18-21;/h2-3,6-8,10,18,31H,1,4-5,9,11-17H2;1H. The molecule has 0 atom stereocenters. The topological polar surface area (TPSA) is 47.0 Å². The van der Waals surface area contributed by atoms with Gasteiger partial charge in [-0.25, -0.2) is 0 Å². The zero-order valence-corrected chi connectivity index (χ0v) is 19.9. The predicted molar refractivity (Wildman–Crippen MR) is 135 cm³/mol. The molecule has 1 fully saturated rings. The van der Waals surface area contributed by atoms with E-state index >= 15 is 0 Å². The molecule has 0 saturated carbocycles. The number of carbonyl (C=O) groups is 1. The lowest BCUT2D eigenvalue weighted by molar-refractivity contribution is -0.118. The van der Waals surface area contributed by atoms with E-state index in [1.807, 2.05) is 35.2 Å². The number of allylic oxidation sites excluding steroid dienone is 1. The highest BCUT2D eigenvalue weighted by Gasteiger charge is 2.27.